The minimum Gasteiger partial charge on any atom is -0.305 e. The maximum absolute atomic E-state index is 12.8. The molecule has 0 aliphatic rings. The molecule has 0 fully saturated rings. The Labute approximate surface area is 120 Å². The van der Waals surface area contributed by atoms with Gasteiger partial charge in [-0.25, -0.2) is 0 Å². The first-order chi connectivity index (χ1) is 9.60. The topological polar surface area (TPSA) is 22.0 Å². The highest BCUT2D eigenvalue weighted by atomic mass is 16.1. The van der Waals surface area contributed by atoms with Crippen LogP contribution in [0.4, 0.5) is 0 Å². The van der Waals surface area contributed by atoms with Crippen LogP contribution in [-0.2, 0) is 0 Å². The highest BCUT2D eigenvalue weighted by Gasteiger charge is 2.12. The molecule has 2 nitrogen and oxygen atoms in total. The number of fused-ring (bicyclic) bond motifs is 1. The number of para-hydroxylation sites is 1. The fraction of sp³-hybridized carbons (Fsp3) is 0.278. The number of pyridine rings is 1. The highest BCUT2D eigenvalue weighted by molar-refractivity contribution is 5.85. The highest BCUT2D eigenvalue weighted by Crippen LogP contribution is 2.21. The van der Waals surface area contributed by atoms with Crippen LogP contribution in [0.3, 0.4) is 0 Å². The Morgan fingerprint density at radius 1 is 1.20 bits per heavy atom. The van der Waals surface area contributed by atoms with Crippen molar-refractivity contribution in [1.82, 2.24) is 4.57 Å². The monoisotopic (exact) mass is 267 g/mol. The smallest absolute Gasteiger partial charge is 0.259 e. The lowest BCUT2D eigenvalue weighted by molar-refractivity contribution is 0.599. The minimum absolute atomic E-state index is 0.0740. The SMILES string of the molecule is C/C=C\C(=C/C)c1cc2ccccc2n(C(C)C)c1=O. The lowest BCUT2D eigenvalue weighted by atomic mass is 10.0. The second kappa shape index (κ2) is 5.91. The third-order valence-electron chi connectivity index (χ3n) is 3.43. The molecule has 1 aromatic carbocycles. The fourth-order valence-electron chi connectivity index (χ4n) is 2.53. The molecule has 0 spiro atoms. The molecule has 0 bridgehead atoms. The Kier molecular flexibility index (Phi) is 4.23. The number of allylic oxidation sites excluding steroid dienone is 4. The molecular weight excluding hydrogens is 246 g/mol. The molecule has 0 radical (unpaired) electrons. The van der Waals surface area contributed by atoms with Crippen molar-refractivity contribution < 1.29 is 0 Å². The third kappa shape index (κ3) is 2.46. The van der Waals surface area contributed by atoms with E-state index in [2.05, 4.69) is 6.07 Å². The zero-order valence-electron chi connectivity index (χ0n) is 12.6. The van der Waals surface area contributed by atoms with Crippen molar-refractivity contribution in [1.29, 1.82) is 0 Å². The molecule has 0 amide bonds. The van der Waals surface area contributed by atoms with E-state index in [0.717, 1.165) is 22.0 Å². The van der Waals surface area contributed by atoms with Gasteiger partial charge in [-0.05, 0) is 50.8 Å². The molecule has 2 rings (SSSR count). The number of hydrogen-bond acceptors (Lipinski definition) is 1. The van der Waals surface area contributed by atoms with Crippen molar-refractivity contribution in [3.63, 3.8) is 0 Å². The zero-order valence-corrected chi connectivity index (χ0v) is 12.6. The summed E-state index contributed by atoms with van der Waals surface area (Å²) in [6, 6.07) is 10.2. The molecule has 20 heavy (non-hydrogen) atoms. The number of rotatable bonds is 3. The molecule has 2 heteroatoms. The van der Waals surface area contributed by atoms with Gasteiger partial charge in [0, 0.05) is 11.6 Å². The van der Waals surface area contributed by atoms with Gasteiger partial charge in [0.15, 0.2) is 0 Å². The Morgan fingerprint density at radius 3 is 2.50 bits per heavy atom. The molecule has 0 N–H and O–H groups in total. The lowest BCUT2D eigenvalue weighted by Gasteiger charge is -2.16. The summed E-state index contributed by atoms with van der Waals surface area (Å²) in [7, 11) is 0. The van der Waals surface area contributed by atoms with E-state index in [1.807, 2.05) is 74.8 Å². The van der Waals surface area contributed by atoms with Gasteiger partial charge in [-0.3, -0.25) is 4.79 Å². The maximum Gasteiger partial charge on any atom is 0.259 e. The Balaban J connectivity index is 2.88. The summed E-state index contributed by atoms with van der Waals surface area (Å²) in [5.74, 6) is 0. The molecule has 0 saturated heterocycles. The molecular formula is C18H21NO. The Hall–Kier alpha value is -2.09. The van der Waals surface area contributed by atoms with Crippen LogP contribution in [0.5, 0.6) is 0 Å². The van der Waals surface area contributed by atoms with E-state index < -0.39 is 0 Å². The summed E-state index contributed by atoms with van der Waals surface area (Å²) in [5.41, 5.74) is 2.80. The van der Waals surface area contributed by atoms with Gasteiger partial charge >= 0.3 is 0 Å². The molecule has 0 unspecified atom stereocenters. The molecule has 0 aliphatic carbocycles. The second-order valence-electron chi connectivity index (χ2n) is 5.13. The van der Waals surface area contributed by atoms with Crippen LogP contribution in [0, 0.1) is 0 Å². The van der Waals surface area contributed by atoms with Crippen LogP contribution in [0.1, 0.15) is 39.3 Å². The van der Waals surface area contributed by atoms with Crippen molar-refractivity contribution in [2.24, 2.45) is 0 Å². The summed E-state index contributed by atoms with van der Waals surface area (Å²) >= 11 is 0. The van der Waals surface area contributed by atoms with Gasteiger partial charge in [-0.15, -0.1) is 0 Å². The van der Waals surface area contributed by atoms with Gasteiger partial charge in [0.2, 0.25) is 0 Å². The van der Waals surface area contributed by atoms with E-state index >= 15 is 0 Å². The van der Waals surface area contributed by atoms with Crippen molar-refractivity contribution in [3.05, 3.63) is 64.5 Å². The fourth-order valence-corrected chi connectivity index (χ4v) is 2.53. The molecule has 1 heterocycles. The molecule has 2 aromatic rings. The molecule has 104 valence electrons. The Morgan fingerprint density at radius 2 is 1.90 bits per heavy atom. The Bertz CT molecular complexity index is 733. The van der Waals surface area contributed by atoms with Crippen LogP contribution < -0.4 is 5.56 Å². The van der Waals surface area contributed by atoms with E-state index in [0.29, 0.717) is 0 Å². The summed E-state index contributed by atoms with van der Waals surface area (Å²) in [4.78, 5) is 12.8. The van der Waals surface area contributed by atoms with Crippen molar-refractivity contribution in [2.75, 3.05) is 0 Å². The summed E-state index contributed by atoms with van der Waals surface area (Å²) in [6.07, 6.45) is 5.93. The van der Waals surface area contributed by atoms with Gasteiger partial charge in [-0.2, -0.15) is 0 Å². The number of hydrogen-bond donors (Lipinski definition) is 0. The average molecular weight is 267 g/mol. The number of aromatic nitrogens is 1. The van der Waals surface area contributed by atoms with E-state index in [4.69, 9.17) is 0 Å². The second-order valence-corrected chi connectivity index (χ2v) is 5.13. The predicted molar refractivity (Wildman–Crippen MR) is 87.1 cm³/mol. The first-order valence-electron chi connectivity index (χ1n) is 7.03. The lowest BCUT2D eigenvalue weighted by Crippen LogP contribution is -2.25. The average Bonchev–Trinajstić information content (AvgIpc) is 2.44. The van der Waals surface area contributed by atoms with E-state index in [1.165, 1.54) is 0 Å². The van der Waals surface area contributed by atoms with Gasteiger partial charge in [0.05, 0.1) is 5.52 Å². The minimum atomic E-state index is 0.0740. The third-order valence-corrected chi connectivity index (χ3v) is 3.43. The summed E-state index contributed by atoms with van der Waals surface area (Å²) < 4.78 is 1.87. The van der Waals surface area contributed by atoms with Crippen molar-refractivity contribution >= 4 is 16.5 Å². The van der Waals surface area contributed by atoms with Crippen LogP contribution >= 0.6 is 0 Å². The van der Waals surface area contributed by atoms with Crippen LogP contribution in [0.25, 0.3) is 16.5 Å². The van der Waals surface area contributed by atoms with Gasteiger partial charge in [-0.1, -0.05) is 36.4 Å². The van der Waals surface area contributed by atoms with E-state index in [-0.39, 0.29) is 11.6 Å². The van der Waals surface area contributed by atoms with E-state index in [9.17, 15) is 4.79 Å². The number of nitrogens with zero attached hydrogens (tertiary/aromatic N) is 1. The normalized spacial score (nSPS) is 12.8. The zero-order chi connectivity index (χ0) is 14.7. The summed E-state index contributed by atoms with van der Waals surface area (Å²) in [5, 5.41) is 1.10. The molecule has 0 atom stereocenters. The first kappa shape index (κ1) is 14.3. The largest absolute Gasteiger partial charge is 0.305 e. The van der Waals surface area contributed by atoms with Crippen LogP contribution in [-0.4, -0.2) is 4.57 Å². The van der Waals surface area contributed by atoms with Crippen LogP contribution in [0.15, 0.2) is 53.4 Å². The van der Waals surface area contributed by atoms with Crippen LogP contribution in [0.2, 0.25) is 0 Å². The van der Waals surface area contributed by atoms with Gasteiger partial charge in [0.25, 0.3) is 5.56 Å². The number of benzene rings is 1. The van der Waals surface area contributed by atoms with Gasteiger partial charge in [0.1, 0.15) is 0 Å². The predicted octanol–water partition coefficient (Wildman–Crippen LogP) is 4.56. The standard InChI is InChI=1S/C18H21NO/c1-5-9-14(6-2)16-12-15-10-7-8-11-17(15)19(13(3)4)18(16)20/h5-13H,1-4H3/b9-5-,14-6+. The summed E-state index contributed by atoms with van der Waals surface area (Å²) in [6.45, 7) is 8.01. The molecule has 0 aliphatic heterocycles. The molecule has 0 saturated carbocycles. The first-order valence-corrected chi connectivity index (χ1v) is 7.03. The van der Waals surface area contributed by atoms with Crippen molar-refractivity contribution in [2.45, 2.75) is 33.7 Å². The molecule has 1 aromatic heterocycles. The van der Waals surface area contributed by atoms with Gasteiger partial charge < -0.3 is 4.57 Å². The van der Waals surface area contributed by atoms with E-state index in [1.54, 1.807) is 0 Å². The maximum atomic E-state index is 12.8. The quantitative estimate of drug-likeness (QED) is 0.747. The van der Waals surface area contributed by atoms with Crippen molar-refractivity contribution in [3.8, 4) is 0 Å².